The van der Waals surface area contributed by atoms with Gasteiger partial charge in [-0.2, -0.15) is 0 Å². The van der Waals surface area contributed by atoms with E-state index < -0.39 is 0 Å². The fraction of sp³-hybridized carbons (Fsp3) is 0.615. The lowest BCUT2D eigenvalue weighted by molar-refractivity contribution is 0.217. The molecule has 2 rings (SSSR count). The molecule has 1 aromatic rings. The highest BCUT2D eigenvalue weighted by Gasteiger charge is 2.32. The summed E-state index contributed by atoms with van der Waals surface area (Å²) in [5, 5.41) is 3.60. The number of anilines is 2. The van der Waals surface area contributed by atoms with Crippen LogP contribution in [0, 0.1) is 5.41 Å². The summed E-state index contributed by atoms with van der Waals surface area (Å²) in [5.41, 5.74) is 7.99. The largest absolute Gasteiger partial charge is 0.396 e. The van der Waals surface area contributed by atoms with E-state index in [2.05, 4.69) is 40.1 Å². The minimum Gasteiger partial charge on any atom is -0.396 e. The van der Waals surface area contributed by atoms with E-state index in [0.717, 1.165) is 10.2 Å². The first-order valence-corrected chi connectivity index (χ1v) is 6.95. The normalized spacial score (nSPS) is 23.4. The van der Waals surface area contributed by atoms with Crippen molar-refractivity contribution in [3.05, 3.63) is 16.9 Å². The van der Waals surface area contributed by atoms with Crippen LogP contribution in [0.3, 0.4) is 0 Å². The van der Waals surface area contributed by atoms with Crippen molar-refractivity contribution in [3.63, 3.8) is 0 Å². The number of nitrogen functional groups attached to an aromatic ring is 1. The van der Waals surface area contributed by atoms with E-state index in [1.807, 2.05) is 0 Å². The van der Waals surface area contributed by atoms with Crippen LogP contribution < -0.4 is 11.1 Å². The number of pyridine rings is 1. The predicted octanol–water partition coefficient (Wildman–Crippen LogP) is 3.81. The molecule has 0 saturated heterocycles. The molecular weight excluding hydrogens is 278 g/mol. The van der Waals surface area contributed by atoms with Crippen LogP contribution in [0.25, 0.3) is 0 Å². The Labute approximate surface area is 111 Å². The first kappa shape index (κ1) is 12.7. The van der Waals surface area contributed by atoms with E-state index in [1.165, 1.54) is 25.7 Å². The lowest BCUT2D eigenvalue weighted by Gasteiger charge is -2.40. The van der Waals surface area contributed by atoms with Gasteiger partial charge in [0.2, 0.25) is 0 Å². The highest BCUT2D eigenvalue weighted by atomic mass is 79.9. The standard InChI is InChI=1S/C13H20BrN3/c1-13(2)6-4-3-5-11(13)17-12-9(14)7-16-8-10(12)15/h7-8,11H,3-6,15H2,1-2H3,(H,16,17). The minimum atomic E-state index is 0.327. The molecule has 0 aliphatic heterocycles. The topological polar surface area (TPSA) is 50.9 Å². The molecule has 1 aromatic heterocycles. The van der Waals surface area contributed by atoms with E-state index in [-0.39, 0.29) is 0 Å². The van der Waals surface area contributed by atoms with E-state index >= 15 is 0 Å². The molecule has 1 aliphatic rings. The average molecular weight is 298 g/mol. The Hall–Kier alpha value is -0.770. The van der Waals surface area contributed by atoms with E-state index in [0.29, 0.717) is 17.1 Å². The third-order valence-corrected chi connectivity index (χ3v) is 4.36. The summed E-state index contributed by atoms with van der Waals surface area (Å²) in [6, 6.07) is 0.484. The fourth-order valence-electron chi connectivity index (χ4n) is 2.54. The number of nitrogens with one attached hydrogen (secondary N) is 1. The maximum Gasteiger partial charge on any atom is 0.0752 e. The SMILES string of the molecule is CC1(C)CCCCC1Nc1c(N)cncc1Br. The zero-order valence-corrected chi connectivity index (χ0v) is 12.0. The van der Waals surface area contributed by atoms with Gasteiger partial charge in [0.05, 0.1) is 22.0 Å². The van der Waals surface area contributed by atoms with Gasteiger partial charge in [0.25, 0.3) is 0 Å². The Morgan fingerprint density at radius 3 is 2.82 bits per heavy atom. The fourth-order valence-corrected chi connectivity index (χ4v) is 3.00. The van der Waals surface area contributed by atoms with Gasteiger partial charge in [0.1, 0.15) is 0 Å². The molecule has 1 unspecified atom stereocenters. The van der Waals surface area contributed by atoms with Crippen LogP contribution in [0.2, 0.25) is 0 Å². The van der Waals surface area contributed by atoms with Gasteiger partial charge in [0.15, 0.2) is 0 Å². The molecule has 0 aromatic carbocycles. The Morgan fingerprint density at radius 1 is 1.41 bits per heavy atom. The first-order chi connectivity index (χ1) is 8.00. The Balaban J connectivity index is 2.20. The average Bonchev–Trinajstić information content (AvgIpc) is 2.25. The second kappa shape index (κ2) is 4.84. The molecule has 1 saturated carbocycles. The number of aromatic nitrogens is 1. The molecule has 0 radical (unpaired) electrons. The highest BCUT2D eigenvalue weighted by molar-refractivity contribution is 9.10. The number of rotatable bonds is 2. The third kappa shape index (κ3) is 2.73. The van der Waals surface area contributed by atoms with Gasteiger partial charge >= 0.3 is 0 Å². The zero-order chi connectivity index (χ0) is 12.5. The van der Waals surface area contributed by atoms with Crippen LogP contribution >= 0.6 is 15.9 Å². The summed E-state index contributed by atoms with van der Waals surface area (Å²) >= 11 is 3.51. The number of hydrogen-bond acceptors (Lipinski definition) is 3. The lowest BCUT2D eigenvalue weighted by atomic mass is 9.73. The number of halogens is 1. The third-order valence-electron chi connectivity index (χ3n) is 3.75. The predicted molar refractivity (Wildman–Crippen MR) is 76.0 cm³/mol. The van der Waals surface area contributed by atoms with Crippen LogP contribution in [0.4, 0.5) is 11.4 Å². The number of nitrogens with two attached hydrogens (primary N) is 1. The minimum absolute atomic E-state index is 0.327. The Bertz CT molecular complexity index is 383. The molecule has 1 atom stereocenters. The van der Waals surface area contributed by atoms with Crippen molar-refractivity contribution in [1.29, 1.82) is 0 Å². The van der Waals surface area contributed by atoms with E-state index in [9.17, 15) is 0 Å². The molecule has 0 spiro atoms. The van der Waals surface area contributed by atoms with Crippen LogP contribution in [0.1, 0.15) is 39.5 Å². The molecular formula is C13H20BrN3. The maximum absolute atomic E-state index is 5.97. The maximum atomic E-state index is 5.97. The molecule has 94 valence electrons. The van der Waals surface area contributed by atoms with Crippen LogP contribution in [-0.4, -0.2) is 11.0 Å². The highest BCUT2D eigenvalue weighted by Crippen LogP contribution is 2.39. The number of hydrogen-bond donors (Lipinski definition) is 2. The molecule has 1 heterocycles. The van der Waals surface area contributed by atoms with Crippen molar-refractivity contribution in [3.8, 4) is 0 Å². The van der Waals surface area contributed by atoms with Gasteiger partial charge in [-0.25, -0.2) is 0 Å². The molecule has 3 N–H and O–H groups in total. The van der Waals surface area contributed by atoms with Crippen LogP contribution in [0.5, 0.6) is 0 Å². The molecule has 4 heteroatoms. The van der Waals surface area contributed by atoms with Gasteiger partial charge in [0, 0.05) is 12.2 Å². The Morgan fingerprint density at radius 2 is 2.18 bits per heavy atom. The summed E-state index contributed by atoms with van der Waals surface area (Å²) in [7, 11) is 0. The summed E-state index contributed by atoms with van der Waals surface area (Å²) in [6.45, 7) is 4.66. The summed E-state index contributed by atoms with van der Waals surface area (Å²) in [6.07, 6.45) is 8.59. The molecule has 0 bridgehead atoms. The first-order valence-electron chi connectivity index (χ1n) is 6.16. The quantitative estimate of drug-likeness (QED) is 0.873. The van der Waals surface area contributed by atoms with Crippen LogP contribution in [-0.2, 0) is 0 Å². The van der Waals surface area contributed by atoms with Gasteiger partial charge < -0.3 is 11.1 Å². The Kier molecular flexibility index (Phi) is 3.61. The second-order valence-corrected chi connectivity index (χ2v) is 6.37. The summed E-state index contributed by atoms with van der Waals surface area (Å²) in [4.78, 5) is 4.06. The van der Waals surface area contributed by atoms with Crippen molar-refractivity contribution < 1.29 is 0 Å². The molecule has 1 fully saturated rings. The zero-order valence-electron chi connectivity index (χ0n) is 10.5. The van der Waals surface area contributed by atoms with Gasteiger partial charge in [-0.1, -0.05) is 26.7 Å². The molecule has 3 nitrogen and oxygen atoms in total. The smallest absolute Gasteiger partial charge is 0.0752 e. The molecule has 1 aliphatic carbocycles. The summed E-state index contributed by atoms with van der Waals surface area (Å²) < 4.78 is 0.943. The van der Waals surface area contributed by atoms with Gasteiger partial charge in [-0.3, -0.25) is 4.98 Å². The van der Waals surface area contributed by atoms with Crippen molar-refractivity contribution in [2.24, 2.45) is 5.41 Å². The second-order valence-electron chi connectivity index (χ2n) is 5.52. The van der Waals surface area contributed by atoms with Gasteiger partial charge in [-0.15, -0.1) is 0 Å². The van der Waals surface area contributed by atoms with Crippen molar-refractivity contribution in [2.75, 3.05) is 11.1 Å². The van der Waals surface area contributed by atoms with E-state index in [1.54, 1.807) is 12.4 Å². The van der Waals surface area contributed by atoms with Gasteiger partial charge in [-0.05, 0) is 34.2 Å². The lowest BCUT2D eigenvalue weighted by Crippen LogP contribution is -2.39. The molecule has 0 amide bonds. The van der Waals surface area contributed by atoms with Crippen molar-refractivity contribution in [1.82, 2.24) is 4.98 Å². The summed E-state index contributed by atoms with van der Waals surface area (Å²) in [5.74, 6) is 0. The van der Waals surface area contributed by atoms with Crippen molar-refractivity contribution in [2.45, 2.75) is 45.6 Å². The van der Waals surface area contributed by atoms with Crippen LogP contribution in [0.15, 0.2) is 16.9 Å². The van der Waals surface area contributed by atoms with Crippen molar-refractivity contribution >= 4 is 27.3 Å². The van der Waals surface area contributed by atoms with E-state index in [4.69, 9.17) is 5.73 Å². The molecule has 17 heavy (non-hydrogen) atoms. The monoisotopic (exact) mass is 297 g/mol. The number of nitrogens with zero attached hydrogens (tertiary/aromatic N) is 1.